The van der Waals surface area contributed by atoms with E-state index in [9.17, 15) is 13.5 Å². The molecule has 3 unspecified atom stereocenters. The van der Waals surface area contributed by atoms with Crippen LogP contribution in [0.5, 0.6) is 0 Å². The predicted molar refractivity (Wildman–Crippen MR) is 55.2 cm³/mol. The first kappa shape index (κ1) is 11.3. The quantitative estimate of drug-likeness (QED) is 0.606. The van der Waals surface area contributed by atoms with E-state index in [2.05, 4.69) is 0 Å². The number of hydrogen-bond donors (Lipinski definition) is 2. The van der Waals surface area contributed by atoms with E-state index in [0.717, 1.165) is 13.0 Å². The molecule has 0 saturated carbocycles. The van der Waals surface area contributed by atoms with Crippen LogP contribution < -0.4 is 0 Å². The van der Waals surface area contributed by atoms with Crippen LogP contribution in [0.4, 0.5) is 0 Å². The van der Waals surface area contributed by atoms with Gasteiger partial charge in [0.05, 0.1) is 23.7 Å². The first-order valence-electron chi connectivity index (χ1n) is 5.25. The van der Waals surface area contributed by atoms with E-state index in [1.807, 2.05) is 4.90 Å². The second-order valence-corrected chi connectivity index (χ2v) is 6.70. The average molecular weight is 235 g/mol. The summed E-state index contributed by atoms with van der Waals surface area (Å²) in [5.41, 5.74) is 0. The summed E-state index contributed by atoms with van der Waals surface area (Å²) in [5, 5.41) is 18.6. The molecule has 3 atom stereocenters. The van der Waals surface area contributed by atoms with Crippen LogP contribution in [-0.4, -0.2) is 66.9 Å². The van der Waals surface area contributed by atoms with Crippen molar-refractivity contribution in [1.82, 2.24) is 4.90 Å². The van der Waals surface area contributed by atoms with E-state index in [1.54, 1.807) is 0 Å². The lowest BCUT2D eigenvalue weighted by atomic mass is 10.1. The first-order chi connectivity index (χ1) is 7.02. The van der Waals surface area contributed by atoms with Crippen LogP contribution in [0.1, 0.15) is 6.42 Å². The summed E-state index contributed by atoms with van der Waals surface area (Å²) in [4.78, 5) is 2.00. The van der Waals surface area contributed by atoms with E-state index in [1.165, 1.54) is 0 Å². The van der Waals surface area contributed by atoms with Crippen molar-refractivity contribution in [2.45, 2.75) is 18.6 Å². The molecule has 0 aromatic rings. The molecule has 0 aliphatic carbocycles. The Bertz CT molecular complexity index is 329. The molecule has 6 heteroatoms. The molecule has 2 fully saturated rings. The topological polar surface area (TPSA) is 77.8 Å². The third-order valence-electron chi connectivity index (χ3n) is 3.34. The van der Waals surface area contributed by atoms with Crippen molar-refractivity contribution in [2.24, 2.45) is 5.92 Å². The van der Waals surface area contributed by atoms with E-state index in [4.69, 9.17) is 5.11 Å². The minimum atomic E-state index is -3.06. The highest BCUT2D eigenvalue weighted by Gasteiger charge is 2.41. The Kier molecular flexibility index (Phi) is 3.03. The van der Waals surface area contributed by atoms with Gasteiger partial charge in [0.25, 0.3) is 0 Å². The summed E-state index contributed by atoms with van der Waals surface area (Å²) >= 11 is 0. The summed E-state index contributed by atoms with van der Waals surface area (Å²) in [6, 6.07) is -0.258. The lowest BCUT2D eigenvalue weighted by Gasteiger charge is -2.25. The van der Waals surface area contributed by atoms with Crippen molar-refractivity contribution in [3.63, 3.8) is 0 Å². The third kappa shape index (κ3) is 2.33. The summed E-state index contributed by atoms with van der Waals surface area (Å²) in [6.45, 7) is 1.63. The maximum absolute atomic E-state index is 11.3. The zero-order chi connectivity index (χ0) is 11.1. The van der Waals surface area contributed by atoms with E-state index < -0.39 is 15.9 Å². The monoisotopic (exact) mass is 235 g/mol. The molecule has 0 bridgehead atoms. The van der Waals surface area contributed by atoms with Gasteiger partial charge in [0.2, 0.25) is 0 Å². The summed E-state index contributed by atoms with van der Waals surface area (Å²) in [5.74, 6) is 0.185. The lowest BCUT2D eigenvalue weighted by molar-refractivity contribution is 0.0934. The van der Waals surface area contributed by atoms with Crippen LogP contribution in [0.15, 0.2) is 0 Å². The van der Waals surface area contributed by atoms with Crippen LogP contribution in [-0.2, 0) is 9.84 Å². The van der Waals surface area contributed by atoms with Crippen molar-refractivity contribution < 1.29 is 18.6 Å². The highest BCUT2D eigenvalue weighted by atomic mass is 32.2. The van der Waals surface area contributed by atoms with Crippen LogP contribution in [0.3, 0.4) is 0 Å². The molecule has 0 spiro atoms. The molecular weight excluding hydrogens is 218 g/mol. The molecule has 0 aromatic carbocycles. The molecule has 0 radical (unpaired) electrons. The second-order valence-electron chi connectivity index (χ2n) is 4.54. The highest BCUT2D eigenvalue weighted by molar-refractivity contribution is 7.91. The number of aliphatic hydroxyl groups excluding tert-OH is 2. The van der Waals surface area contributed by atoms with Gasteiger partial charge in [-0.15, -0.1) is 0 Å². The molecule has 2 aliphatic heterocycles. The largest absolute Gasteiger partial charge is 0.396 e. The van der Waals surface area contributed by atoms with Gasteiger partial charge in [-0.25, -0.2) is 8.42 Å². The Labute approximate surface area is 89.6 Å². The Balaban J connectivity index is 2.01. The molecule has 2 aliphatic rings. The van der Waals surface area contributed by atoms with E-state index in [0.29, 0.717) is 6.54 Å². The van der Waals surface area contributed by atoms with Gasteiger partial charge in [0, 0.05) is 13.2 Å². The SMILES string of the molecule is O=S1(=O)CC(O)C(N2CCC(CO)C2)C1. The highest BCUT2D eigenvalue weighted by Crippen LogP contribution is 2.24. The van der Waals surface area contributed by atoms with Crippen molar-refractivity contribution in [3.8, 4) is 0 Å². The van der Waals surface area contributed by atoms with Crippen LogP contribution in [0, 0.1) is 5.92 Å². The number of hydrogen-bond acceptors (Lipinski definition) is 5. The summed E-state index contributed by atoms with van der Waals surface area (Å²) in [7, 11) is -3.06. The fourth-order valence-electron chi connectivity index (χ4n) is 2.47. The van der Waals surface area contributed by atoms with E-state index >= 15 is 0 Å². The Morgan fingerprint density at radius 2 is 2.07 bits per heavy atom. The van der Waals surface area contributed by atoms with Gasteiger partial charge in [-0.05, 0) is 18.9 Å². The first-order valence-corrected chi connectivity index (χ1v) is 7.07. The number of rotatable bonds is 2. The van der Waals surface area contributed by atoms with Crippen molar-refractivity contribution in [1.29, 1.82) is 0 Å². The molecule has 0 aromatic heterocycles. The molecule has 88 valence electrons. The Hall–Kier alpha value is -0.170. The summed E-state index contributed by atoms with van der Waals surface area (Å²) in [6.07, 6.45) is 0.132. The van der Waals surface area contributed by atoms with Gasteiger partial charge < -0.3 is 10.2 Å². The second kappa shape index (κ2) is 4.01. The van der Waals surface area contributed by atoms with Crippen molar-refractivity contribution >= 4 is 9.84 Å². The lowest BCUT2D eigenvalue weighted by Crippen LogP contribution is -2.41. The molecule has 2 N–H and O–H groups in total. The minimum absolute atomic E-state index is 0.0618. The molecular formula is C9H17NO4S. The van der Waals surface area contributed by atoms with Crippen LogP contribution in [0.2, 0.25) is 0 Å². The average Bonchev–Trinajstić information content (AvgIpc) is 2.69. The zero-order valence-corrected chi connectivity index (χ0v) is 9.36. The van der Waals surface area contributed by atoms with Crippen molar-refractivity contribution in [3.05, 3.63) is 0 Å². The van der Waals surface area contributed by atoms with Gasteiger partial charge in [0.15, 0.2) is 9.84 Å². The van der Waals surface area contributed by atoms with Crippen molar-refractivity contribution in [2.75, 3.05) is 31.2 Å². The van der Waals surface area contributed by atoms with Crippen LogP contribution >= 0.6 is 0 Å². The number of sulfone groups is 1. The smallest absolute Gasteiger partial charge is 0.154 e. The molecule has 2 saturated heterocycles. The van der Waals surface area contributed by atoms with Gasteiger partial charge in [-0.3, -0.25) is 4.90 Å². The Morgan fingerprint density at radius 1 is 1.33 bits per heavy atom. The standard InChI is InChI=1S/C9H17NO4S/c11-4-7-1-2-10(3-7)8-5-15(13,14)6-9(8)12/h7-9,11-12H,1-6H2. The van der Waals surface area contributed by atoms with Gasteiger partial charge in [-0.1, -0.05) is 0 Å². The fourth-order valence-corrected chi connectivity index (χ4v) is 4.30. The number of likely N-dealkylation sites (tertiary alicyclic amines) is 1. The zero-order valence-electron chi connectivity index (χ0n) is 8.54. The summed E-state index contributed by atoms with van der Waals surface area (Å²) < 4.78 is 22.6. The third-order valence-corrected chi connectivity index (χ3v) is 5.04. The van der Waals surface area contributed by atoms with E-state index in [-0.39, 0.29) is 30.1 Å². The van der Waals surface area contributed by atoms with Gasteiger partial charge >= 0.3 is 0 Å². The molecule has 15 heavy (non-hydrogen) atoms. The maximum Gasteiger partial charge on any atom is 0.154 e. The van der Waals surface area contributed by atoms with Gasteiger partial charge in [-0.2, -0.15) is 0 Å². The molecule has 5 nitrogen and oxygen atoms in total. The number of nitrogens with zero attached hydrogens (tertiary/aromatic N) is 1. The fraction of sp³-hybridized carbons (Fsp3) is 1.00. The normalized spacial score (nSPS) is 41.1. The molecule has 2 heterocycles. The number of aliphatic hydroxyl groups is 2. The van der Waals surface area contributed by atoms with Crippen LogP contribution in [0.25, 0.3) is 0 Å². The predicted octanol–water partition coefficient (Wildman–Crippen LogP) is -1.54. The Morgan fingerprint density at radius 3 is 2.53 bits per heavy atom. The molecule has 0 amide bonds. The van der Waals surface area contributed by atoms with Gasteiger partial charge in [0.1, 0.15) is 0 Å². The molecule has 2 rings (SSSR count). The minimum Gasteiger partial charge on any atom is -0.396 e. The maximum atomic E-state index is 11.3.